The molecule has 12 rings (SSSR count). The highest BCUT2D eigenvalue weighted by Crippen LogP contribution is 2.46. The van der Waals surface area contributed by atoms with Crippen LogP contribution in [0.4, 0.5) is 17.1 Å². The minimum atomic E-state index is 0.850. The first-order valence-corrected chi connectivity index (χ1v) is 19.0. The van der Waals surface area contributed by atoms with E-state index in [4.69, 9.17) is 8.83 Å². The van der Waals surface area contributed by atoms with Gasteiger partial charge in [0.2, 0.25) is 0 Å². The number of fused-ring (bicyclic) bond motifs is 11. The van der Waals surface area contributed by atoms with Gasteiger partial charge in [0, 0.05) is 66.4 Å². The molecule has 0 N–H and O–H groups in total. The summed E-state index contributed by atoms with van der Waals surface area (Å²) in [6.45, 7) is 0. The topological polar surface area (TPSA) is 34.5 Å². The highest BCUT2D eigenvalue weighted by atomic mass is 16.3. The summed E-state index contributed by atoms with van der Waals surface area (Å²) in [5.41, 5.74) is 12.3. The van der Waals surface area contributed by atoms with Crippen LogP contribution >= 0.6 is 0 Å². The number of para-hydroxylation sites is 4. The Morgan fingerprint density at radius 2 is 0.982 bits per heavy atom. The van der Waals surface area contributed by atoms with Gasteiger partial charge in [-0.2, -0.15) is 0 Å². The van der Waals surface area contributed by atoms with Crippen LogP contribution in [0, 0.1) is 0 Å². The molecular weight excluding hydrogens is 685 g/mol. The molecule has 0 aliphatic heterocycles. The number of benzene rings is 9. The largest absolute Gasteiger partial charge is 0.456 e. The second-order valence-electron chi connectivity index (χ2n) is 14.5. The lowest BCUT2D eigenvalue weighted by molar-refractivity contribution is 0.669. The minimum Gasteiger partial charge on any atom is -0.456 e. The van der Waals surface area contributed by atoms with Crippen LogP contribution in [0.1, 0.15) is 0 Å². The molecule has 12 aromatic rings. The number of nitrogens with zero attached hydrogens (tertiary/aromatic N) is 2. The number of aromatic nitrogens is 1. The molecule has 0 aliphatic carbocycles. The van der Waals surface area contributed by atoms with Crippen LogP contribution in [0.25, 0.3) is 93.3 Å². The maximum absolute atomic E-state index is 6.66. The smallest absolute Gasteiger partial charge is 0.143 e. The first-order valence-electron chi connectivity index (χ1n) is 19.0. The number of furan rings is 2. The quantitative estimate of drug-likeness (QED) is 0.178. The van der Waals surface area contributed by atoms with Gasteiger partial charge >= 0.3 is 0 Å². The molecule has 262 valence electrons. The lowest BCUT2D eigenvalue weighted by Crippen LogP contribution is -2.11. The van der Waals surface area contributed by atoms with Gasteiger partial charge in [0.1, 0.15) is 22.3 Å². The van der Waals surface area contributed by atoms with Gasteiger partial charge in [0.15, 0.2) is 0 Å². The van der Waals surface area contributed by atoms with Crippen molar-refractivity contribution >= 4 is 93.5 Å². The molecule has 0 amide bonds. The van der Waals surface area contributed by atoms with Gasteiger partial charge in [-0.05, 0) is 83.7 Å². The molecule has 0 saturated carbocycles. The molecule has 0 unspecified atom stereocenters. The molecule has 56 heavy (non-hydrogen) atoms. The second-order valence-corrected chi connectivity index (χ2v) is 14.5. The molecule has 0 saturated heterocycles. The molecular formula is C52H32N2O2. The van der Waals surface area contributed by atoms with E-state index in [-0.39, 0.29) is 0 Å². The van der Waals surface area contributed by atoms with Crippen molar-refractivity contribution in [2.24, 2.45) is 0 Å². The van der Waals surface area contributed by atoms with Crippen molar-refractivity contribution < 1.29 is 8.83 Å². The molecule has 0 radical (unpaired) electrons. The normalized spacial score (nSPS) is 11.9. The van der Waals surface area contributed by atoms with Crippen LogP contribution in [0.5, 0.6) is 0 Å². The Kier molecular flexibility index (Phi) is 6.60. The van der Waals surface area contributed by atoms with Gasteiger partial charge in [0.05, 0.1) is 16.7 Å². The van der Waals surface area contributed by atoms with E-state index in [1.165, 1.54) is 21.8 Å². The van der Waals surface area contributed by atoms with Crippen molar-refractivity contribution in [3.05, 3.63) is 194 Å². The monoisotopic (exact) mass is 716 g/mol. The van der Waals surface area contributed by atoms with Gasteiger partial charge < -0.3 is 18.3 Å². The summed E-state index contributed by atoms with van der Waals surface area (Å²) in [6, 6.07) is 69.0. The van der Waals surface area contributed by atoms with E-state index in [1.807, 2.05) is 12.1 Å². The standard InChI is InChI=1S/C52H32N2O2/c1-2-13-37-33(12-1)24-30-44-51-43(18-11-23-49(51)56-52(37)44)40-16-5-7-19-45(40)53(36-29-31-42-41-17-6-10-22-48(41)55-50(42)32-36)34-25-27-35(28-26-34)54-46-20-8-3-14-38(46)39-15-4-9-21-47(39)54/h1-32H. The zero-order chi connectivity index (χ0) is 36.7. The van der Waals surface area contributed by atoms with Gasteiger partial charge in [-0.25, -0.2) is 0 Å². The van der Waals surface area contributed by atoms with Crippen molar-refractivity contribution in [3.63, 3.8) is 0 Å². The third kappa shape index (κ3) is 4.53. The molecule has 4 heteroatoms. The molecule has 9 aromatic carbocycles. The summed E-state index contributed by atoms with van der Waals surface area (Å²) >= 11 is 0. The number of hydrogen-bond acceptors (Lipinski definition) is 3. The van der Waals surface area contributed by atoms with Crippen molar-refractivity contribution in [2.75, 3.05) is 4.90 Å². The van der Waals surface area contributed by atoms with E-state index >= 15 is 0 Å². The molecule has 3 aromatic heterocycles. The number of anilines is 3. The summed E-state index contributed by atoms with van der Waals surface area (Å²) in [5.74, 6) is 0. The zero-order valence-electron chi connectivity index (χ0n) is 30.2. The van der Waals surface area contributed by atoms with E-state index in [0.29, 0.717) is 0 Å². The Bertz CT molecular complexity index is 3440. The molecule has 4 nitrogen and oxygen atoms in total. The van der Waals surface area contributed by atoms with Gasteiger partial charge in [-0.1, -0.05) is 115 Å². The van der Waals surface area contributed by atoms with E-state index < -0.39 is 0 Å². The predicted molar refractivity (Wildman–Crippen MR) is 233 cm³/mol. The van der Waals surface area contributed by atoms with Crippen molar-refractivity contribution in [1.29, 1.82) is 0 Å². The lowest BCUT2D eigenvalue weighted by atomic mass is 9.96. The van der Waals surface area contributed by atoms with Crippen LogP contribution in [-0.4, -0.2) is 4.57 Å². The second kappa shape index (κ2) is 12.0. The third-order valence-corrected chi connectivity index (χ3v) is 11.4. The predicted octanol–water partition coefficient (Wildman–Crippen LogP) is 14.9. The highest BCUT2D eigenvalue weighted by Gasteiger charge is 2.22. The average Bonchev–Trinajstić information content (AvgIpc) is 3.94. The minimum absolute atomic E-state index is 0.850. The van der Waals surface area contributed by atoms with Crippen molar-refractivity contribution in [1.82, 2.24) is 4.57 Å². The zero-order valence-corrected chi connectivity index (χ0v) is 30.2. The summed E-state index contributed by atoms with van der Waals surface area (Å²) in [6.07, 6.45) is 0. The Morgan fingerprint density at radius 3 is 1.80 bits per heavy atom. The van der Waals surface area contributed by atoms with Gasteiger partial charge in [0.25, 0.3) is 0 Å². The maximum Gasteiger partial charge on any atom is 0.143 e. The molecule has 0 fully saturated rings. The molecule has 3 heterocycles. The number of rotatable bonds is 5. The SMILES string of the molecule is c1ccc(N(c2ccc(-n3c4ccccc4c4ccccc43)cc2)c2ccc3c(c2)oc2ccccc23)c(-c2cccc3oc4c5ccccc5ccc4c23)c1. The summed E-state index contributed by atoms with van der Waals surface area (Å²) in [4.78, 5) is 2.36. The fourth-order valence-electron chi connectivity index (χ4n) is 8.91. The summed E-state index contributed by atoms with van der Waals surface area (Å²) in [5, 5.41) is 9.20. The average molecular weight is 717 g/mol. The summed E-state index contributed by atoms with van der Waals surface area (Å²) in [7, 11) is 0. The Hall–Kier alpha value is -7.56. The molecule has 0 spiro atoms. The van der Waals surface area contributed by atoms with Crippen molar-refractivity contribution in [2.45, 2.75) is 0 Å². The van der Waals surface area contributed by atoms with Crippen LogP contribution in [0.2, 0.25) is 0 Å². The summed E-state index contributed by atoms with van der Waals surface area (Å²) < 4.78 is 15.5. The number of hydrogen-bond donors (Lipinski definition) is 0. The van der Waals surface area contributed by atoms with E-state index in [1.54, 1.807) is 0 Å². The van der Waals surface area contributed by atoms with Crippen LogP contribution in [0.15, 0.2) is 203 Å². The van der Waals surface area contributed by atoms with Crippen LogP contribution < -0.4 is 4.90 Å². The Morgan fingerprint density at radius 1 is 0.375 bits per heavy atom. The van der Waals surface area contributed by atoms with Crippen LogP contribution in [0.3, 0.4) is 0 Å². The molecule has 0 atom stereocenters. The fourth-order valence-corrected chi connectivity index (χ4v) is 8.91. The lowest BCUT2D eigenvalue weighted by Gasteiger charge is -2.28. The van der Waals surface area contributed by atoms with Crippen molar-refractivity contribution in [3.8, 4) is 16.8 Å². The van der Waals surface area contributed by atoms with Gasteiger partial charge in [-0.15, -0.1) is 0 Å². The maximum atomic E-state index is 6.66. The third-order valence-electron chi connectivity index (χ3n) is 11.4. The fraction of sp³-hybridized carbons (Fsp3) is 0. The van der Waals surface area contributed by atoms with Crippen LogP contribution in [-0.2, 0) is 0 Å². The van der Waals surface area contributed by atoms with E-state index in [0.717, 1.165) is 88.5 Å². The van der Waals surface area contributed by atoms with E-state index in [2.05, 4.69) is 191 Å². The van der Waals surface area contributed by atoms with Gasteiger partial charge in [-0.3, -0.25) is 0 Å². The van der Waals surface area contributed by atoms with E-state index in [9.17, 15) is 0 Å². The molecule has 0 aliphatic rings. The Balaban J connectivity index is 1.08. The highest BCUT2D eigenvalue weighted by molar-refractivity contribution is 6.20. The Labute approximate surface area is 321 Å². The first-order chi connectivity index (χ1) is 27.8. The first kappa shape index (κ1) is 30.9. The molecule has 0 bridgehead atoms.